The zero-order valence-electron chi connectivity index (χ0n) is 13.6. The summed E-state index contributed by atoms with van der Waals surface area (Å²) in [6.07, 6.45) is 4.61. The maximum atomic E-state index is 12.2. The minimum absolute atomic E-state index is 0.148. The number of fused-ring (bicyclic) bond motifs is 1. The lowest BCUT2D eigenvalue weighted by molar-refractivity contribution is 0.0944. The summed E-state index contributed by atoms with van der Waals surface area (Å²) in [7, 11) is 0. The molecule has 124 valence electrons. The first-order chi connectivity index (χ1) is 11.5. The molecule has 3 heterocycles. The summed E-state index contributed by atoms with van der Waals surface area (Å²) in [5.41, 5.74) is 2.48. The smallest absolute Gasteiger partial charge is 0.271 e. The number of rotatable bonds is 4. The van der Waals surface area contributed by atoms with Crippen molar-refractivity contribution in [1.29, 1.82) is 0 Å². The summed E-state index contributed by atoms with van der Waals surface area (Å²) >= 11 is 5.98. The Hall–Kier alpha value is -2.54. The van der Waals surface area contributed by atoms with Gasteiger partial charge in [0.1, 0.15) is 17.0 Å². The van der Waals surface area contributed by atoms with Crippen molar-refractivity contribution >= 4 is 28.7 Å². The van der Waals surface area contributed by atoms with Gasteiger partial charge >= 0.3 is 0 Å². The van der Waals surface area contributed by atoms with Crippen LogP contribution < -0.4 is 5.32 Å². The van der Waals surface area contributed by atoms with Gasteiger partial charge in [0.25, 0.3) is 5.91 Å². The lowest BCUT2D eigenvalue weighted by atomic mass is 10.3. The molecule has 7 nitrogen and oxygen atoms in total. The lowest BCUT2D eigenvalue weighted by Gasteiger charge is -2.12. The molecule has 0 spiro atoms. The summed E-state index contributed by atoms with van der Waals surface area (Å²) in [6.45, 7) is 6.15. The van der Waals surface area contributed by atoms with E-state index in [1.807, 2.05) is 25.3 Å². The number of amides is 1. The molecule has 24 heavy (non-hydrogen) atoms. The molecule has 0 atom stereocenters. The van der Waals surface area contributed by atoms with E-state index in [0.717, 1.165) is 11.3 Å². The first kappa shape index (κ1) is 16.3. The van der Waals surface area contributed by atoms with Crippen molar-refractivity contribution in [3.8, 4) is 0 Å². The van der Waals surface area contributed by atoms with Gasteiger partial charge in [0.15, 0.2) is 5.65 Å². The van der Waals surface area contributed by atoms with E-state index in [-0.39, 0.29) is 24.2 Å². The Kier molecular flexibility index (Phi) is 4.44. The van der Waals surface area contributed by atoms with Gasteiger partial charge in [0, 0.05) is 18.4 Å². The summed E-state index contributed by atoms with van der Waals surface area (Å²) in [5.74, 6) is 0.416. The van der Waals surface area contributed by atoms with E-state index >= 15 is 0 Å². The second kappa shape index (κ2) is 6.52. The molecule has 0 aliphatic heterocycles. The SMILES string of the molecule is Cc1cnc(C(=O)NCc2nc3cc(Cl)cnc3n2C(C)C)cn1. The van der Waals surface area contributed by atoms with E-state index in [9.17, 15) is 4.79 Å². The zero-order chi connectivity index (χ0) is 17.3. The third-order valence-electron chi connectivity index (χ3n) is 3.51. The Morgan fingerprint density at radius 1 is 1.25 bits per heavy atom. The number of aromatic nitrogens is 5. The maximum absolute atomic E-state index is 12.2. The number of nitrogens with zero attached hydrogens (tertiary/aromatic N) is 5. The molecule has 1 N–H and O–H groups in total. The predicted octanol–water partition coefficient (Wildman–Crippen LogP) is 2.69. The Bertz CT molecular complexity index is 887. The number of carbonyl (C=O) groups is 1. The van der Waals surface area contributed by atoms with Gasteiger partial charge in [-0.2, -0.15) is 0 Å². The number of halogens is 1. The minimum Gasteiger partial charge on any atom is -0.343 e. The summed E-state index contributed by atoms with van der Waals surface area (Å²) in [5, 5.41) is 3.35. The first-order valence-corrected chi connectivity index (χ1v) is 7.92. The molecule has 0 unspecified atom stereocenters. The fourth-order valence-electron chi connectivity index (χ4n) is 2.43. The number of nitrogens with one attached hydrogen (secondary N) is 1. The zero-order valence-corrected chi connectivity index (χ0v) is 14.4. The highest BCUT2D eigenvalue weighted by atomic mass is 35.5. The number of imidazole rings is 1. The molecule has 0 fully saturated rings. The van der Waals surface area contributed by atoms with Crippen molar-refractivity contribution in [2.45, 2.75) is 33.4 Å². The van der Waals surface area contributed by atoms with Gasteiger partial charge in [0.2, 0.25) is 0 Å². The van der Waals surface area contributed by atoms with Crippen molar-refractivity contribution in [3.05, 3.63) is 46.9 Å². The van der Waals surface area contributed by atoms with Crippen LogP contribution in [0.25, 0.3) is 11.2 Å². The minimum atomic E-state index is -0.296. The fraction of sp³-hybridized carbons (Fsp3) is 0.312. The van der Waals surface area contributed by atoms with Crippen molar-refractivity contribution < 1.29 is 4.79 Å². The normalized spacial score (nSPS) is 11.2. The summed E-state index contributed by atoms with van der Waals surface area (Å²) < 4.78 is 1.98. The molecule has 0 aromatic carbocycles. The topological polar surface area (TPSA) is 85.6 Å². The van der Waals surface area contributed by atoms with Crippen LogP contribution in [0, 0.1) is 6.92 Å². The molecule has 0 bridgehead atoms. The average Bonchev–Trinajstić information content (AvgIpc) is 2.90. The highest BCUT2D eigenvalue weighted by Crippen LogP contribution is 2.21. The van der Waals surface area contributed by atoms with Gasteiger partial charge in [-0.25, -0.2) is 15.0 Å². The third kappa shape index (κ3) is 3.21. The number of pyridine rings is 1. The van der Waals surface area contributed by atoms with Crippen molar-refractivity contribution in [2.24, 2.45) is 0 Å². The summed E-state index contributed by atoms with van der Waals surface area (Å²) in [6, 6.07) is 1.91. The second-order valence-electron chi connectivity index (χ2n) is 5.71. The standard InChI is InChI=1S/C16H17ClN6O/c1-9(2)23-14(22-12-4-11(17)6-20-15(12)23)8-21-16(24)13-7-18-10(3)5-19-13/h4-7,9H,8H2,1-3H3,(H,21,24). The summed E-state index contributed by atoms with van der Waals surface area (Å²) in [4.78, 5) is 29.2. The van der Waals surface area contributed by atoms with E-state index in [0.29, 0.717) is 16.4 Å². The molecule has 8 heteroatoms. The lowest BCUT2D eigenvalue weighted by Crippen LogP contribution is -2.26. The Morgan fingerprint density at radius 3 is 2.71 bits per heavy atom. The molecule has 3 rings (SSSR count). The molecule has 1 amide bonds. The van der Waals surface area contributed by atoms with Crippen LogP contribution in [0.1, 0.15) is 41.9 Å². The van der Waals surface area contributed by atoms with Crippen LogP contribution in [0.4, 0.5) is 0 Å². The Balaban J connectivity index is 1.85. The van der Waals surface area contributed by atoms with Crippen LogP contribution in [0.3, 0.4) is 0 Å². The van der Waals surface area contributed by atoms with E-state index in [1.165, 1.54) is 6.20 Å². The van der Waals surface area contributed by atoms with E-state index < -0.39 is 0 Å². The predicted molar refractivity (Wildman–Crippen MR) is 90.9 cm³/mol. The van der Waals surface area contributed by atoms with E-state index in [4.69, 9.17) is 11.6 Å². The number of carbonyl (C=O) groups excluding carboxylic acids is 1. The highest BCUT2D eigenvalue weighted by Gasteiger charge is 2.16. The van der Waals surface area contributed by atoms with Gasteiger partial charge < -0.3 is 9.88 Å². The van der Waals surface area contributed by atoms with Crippen LogP contribution in [-0.2, 0) is 6.54 Å². The van der Waals surface area contributed by atoms with Crippen LogP contribution in [0.5, 0.6) is 0 Å². The van der Waals surface area contributed by atoms with Crippen molar-refractivity contribution in [2.75, 3.05) is 0 Å². The average molecular weight is 345 g/mol. The van der Waals surface area contributed by atoms with Crippen LogP contribution in [0.15, 0.2) is 24.7 Å². The van der Waals surface area contributed by atoms with Gasteiger partial charge in [-0.05, 0) is 26.8 Å². The molecule has 0 aliphatic rings. The largest absolute Gasteiger partial charge is 0.343 e. The Labute approximate surface area is 144 Å². The fourth-order valence-corrected chi connectivity index (χ4v) is 2.58. The number of hydrogen-bond acceptors (Lipinski definition) is 5. The number of aryl methyl sites for hydroxylation is 1. The van der Waals surface area contributed by atoms with Gasteiger partial charge in [0.05, 0.1) is 23.5 Å². The van der Waals surface area contributed by atoms with Gasteiger partial charge in [-0.1, -0.05) is 11.6 Å². The highest BCUT2D eigenvalue weighted by molar-refractivity contribution is 6.31. The van der Waals surface area contributed by atoms with Crippen LogP contribution >= 0.6 is 11.6 Å². The molecule has 0 saturated heterocycles. The maximum Gasteiger partial charge on any atom is 0.271 e. The van der Waals surface area contributed by atoms with E-state index in [1.54, 1.807) is 18.5 Å². The molecule has 0 saturated carbocycles. The number of hydrogen-bond donors (Lipinski definition) is 1. The molecule has 0 radical (unpaired) electrons. The van der Waals surface area contributed by atoms with E-state index in [2.05, 4.69) is 25.3 Å². The first-order valence-electron chi connectivity index (χ1n) is 7.55. The monoisotopic (exact) mass is 344 g/mol. The third-order valence-corrected chi connectivity index (χ3v) is 3.71. The van der Waals surface area contributed by atoms with Crippen LogP contribution in [-0.4, -0.2) is 30.4 Å². The van der Waals surface area contributed by atoms with Crippen LogP contribution in [0.2, 0.25) is 5.02 Å². The van der Waals surface area contributed by atoms with Crippen molar-refractivity contribution in [1.82, 2.24) is 29.8 Å². The van der Waals surface area contributed by atoms with Gasteiger partial charge in [-0.3, -0.25) is 9.78 Å². The van der Waals surface area contributed by atoms with Gasteiger partial charge in [-0.15, -0.1) is 0 Å². The quantitative estimate of drug-likeness (QED) is 0.786. The van der Waals surface area contributed by atoms with Crippen molar-refractivity contribution in [3.63, 3.8) is 0 Å². The molecule has 3 aromatic heterocycles. The molecular weight excluding hydrogens is 328 g/mol. The molecule has 3 aromatic rings. The second-order valence-corrected chi connectivity index (χ2v) is 6.15. The Morgan fingerprint density at radius 2 is 2.04 bits per heavy atom. The molecular formula is C16H17ClN6O. The molecule has 0 aliphatic carbocycles.